The van der Waals surface area contributed by atoms with Crippen molar-refractivity contribution in [3.8, 4) is 11.5 Å². The Morgan fingerprint density at radius 1 is 0.949 bits per heavy atom. The Balaban J connectivity index is 1.12. The van der Waals surface area contributed by atoms with Gasteiger partial charge in [-0.2, -0.15) is 0 Å². The van der Waals surface area contributed by atoms with E-state index in [0.717, 1.165) is 80.4 Å². The summed E-state index contributed by atoms with van der Waals surface area (Å²) in [6.45, 7) is 5.48. The minimum Gasteiger partial charge on any atom is -0.494 e. The van der Waals surface area contributed by atoms with Gasteiger partial charge in [0.2, 0.25) is 11.8 Å². The number of hydrogen-bond donors (Lipinski definition) is 3. The van der Waals surface area contributed by atoms with Gasteiger partial charge >= 0.3 is 5.97 Å². The number of benzene rings is 2. The van der Waals surface area contributed by atoms with Crippen molar-refractivity contribution in [1.82, 2.24) is 10.2 Å². The Hall–Kier alpha value is -3.79. The summed E-state index contributed by atoms with van der Waals surface area (Å²) in [5, 5.41) is 13.9. The molecule has 2 amide bonds. The van der Waals surface area contributed by atoms with Gasteiger partial charge in [0.25, 0.3) is 0 Å². The normalized spacial score (nSPS) is 15.3. The molecule has 0 radical (unpaired) electrons. The maximum atomic E-state index is 11.7. The van der Waals surface area contributed by atoms with E-state index in [1.165, 1.54) is 0 Å². The number of amides is 2. The minimum atomic E-state index is -1.05. The van der Waals surface area contributed by atoms with Gasteiger partial charge in [0.15, 0.2) is 0 Å². The number of aliphatic carboxylic acids is 1. The Kier molecular flexibility index (Phi) is 10.4. The molecule has 2 aromatic rings. The number of unbranched alkanes of at least 4 members (excludes halogenated alkanes) is 1. The van der Waals surface area contributed by atoms with Crippen LogP contribution in [-0.2, 0) is 20.8 Å². The van der Waals surface area contributed by atoms with Crippen molar-refractivity contribution in [1.29, 1.82) is 0 Å². The topological polar surface area (TPSA) is 120 Å². The number of carbonyl (C=O) groups excluding carboxylic acids is 2. The Morgan fingerprint density at radius 3 is 2.56 bits per heavy atom. The molecule has 2 aliphatic heterocycles. The van der Waals surface area contributed by atoms with Crippen LogP contribution in [0, 0.1) is 0 Å². The molecule has 4 rings (SSSR count). The van der Waals surface area contributed by atoms with Crippen LogP contribution in [-0.4, -0.2) is 80.3 Å². The zero-order valence-corrected chi connectivity index (χ0v) is 22.3. The lowest BCUT2D eigenvalue weighted by molar-refractivity contribution is -0.138. The third-order valence-electron chi connectivity index (χ3n) is 6.93. The summed E-state index contributed by atoms with van der Waals surface area (Å²) < 4.78 is 11.9. The van der Waals surface area contributed by atoms with Crippen LogP contribution in [0.25, 0.3) is 0 Å². The van der Waals surface area contributed by atoms with Gasteiger partial charge in [0.05, 0.1) is 18.9 Å². The highest BCUT2D eigenvalue weighted by Gasteiger charge is 2.20. The number of ether oxygens (including phenoxy) is 2. The van der Waals surface area contributed by atoms with E-state index in [1.807, 2.05) is 36.4 Å². The summed E-state index contributed by atoms with van der Waals surface area (Å²) in [6, 6.07) is 13.9. The van der Waals surface area contributed by atoms with Crippen molar-refractivity contribution in [2.75, 3.05) is 62.7 Å². The fourth-order valence-corrected chi connectivity index (χ4v) is 4.80. The maximum Gasteiger partial charge on any atom is 0.322 e. The van der Waals surface area contributed by atoms with Crippen LogP contribution >= 0.6 is 0 Å². The van der Waals surface area contributed by atoms with E-state index < -0.39 is 5.97 Å². The molecule has 210 valence electrons. The highest BCUT2D eigenvalue weighted by Crippen LogP contribution is 2.29. The number of para-hydroxylation sites is 2. The second-order valence-corrected chi connectivity index (χ2v) is 9.84. The number of anilines is 2. The molecule has 3 N–H and O–H groups in total. The number of nitrogens with zero attached hydrogens (tertiary/aromatic N) is 2. The summed E-state index contributed by atoms with van der Waals surface area (Å²) in [6.07, 6.45) is 4.09. The van der Waals surface area contributed by atoms with Crippen LogP contribution in [0.3, 0.4) is 0 Å². The number of carboxylic acid groups (broad SMARTS) is 1. The minimum absolute atomic E-state index is 0.0629. The summed E-state index contributed by atoms with van der Waals surface area (Å²) in [7, 11) is 0. The number of nitrogens with one attached hydrogen (secondary N) is 2. The molecule has 0 bridgehead atoms. The standard InChI is InChI=1S/C29H38N4O6/c34-27(30-21-29(36)37)8-5-19-39-26-7-2-1-6-25(26)33-16-14-32(15-17-33)13-3-4-18-38-23-11-9-22-10-12-28(35)31-24(22)20-23/h1-2,6-7,9,11,20H,3-5,8,10,12-19,21H2,(H,30,34)(H,31,35)(H,36,37). The highest BCUT2D eigenvalue weighted by atomic mass is 16.5. The van der Waals surface area contributed by atoms with Crippen molar-refractivity contribution < 1.29 is 29.0 Å². The smallest absolute Gasteiger partial charge is 0.322 e. The molecule has 1 saturated heterocycles. The van der Waals surface area contributed by atoms with E-state index in [1.54, 1.807) is 0 Å². The molecule has 2 aromatic carbocycles. The second-order valence-electron chi connectivity index (χ2n) is 9.84. The van der Waals surface area contributed by atoms with Gasteiger partial charge in [0, 0.05) is 50.8 Å². The molecule has 0 unspecified atom stereocenters. The molecule has 0 atom stereocenters. The van der Waals surface area contributed by atoms with Gasteiger partial charge in [-0.05, 0) is 56.0 Å². The van der Waals surface area contributed by atoms with E-state index in [-0.39, 0.29) is 24.8 Å². The number of rotatable bonds is 14. The zero-order chi connectivity index (χ0) is 27.5. The van der Waals surface area contributed by atoms with E-state index in [2.05, 4.69) is 26.5 Å². The van der Waals surface area contributed by atoms with Crippen LogP contribution in [0.5, 0.6) is 11.5 Å². The van der Waals surface area contributed by atoms with Gasteiger partial charge in [-0.3, -0.25) is 19.3 Å². The van der Waals surface area contributed by atoms with E-state index in [0.29, 0.717) is 26.1 Å². The molecular formula is C29H38N4O6. The first kappa shape index (κ1) is 28.2. The van der Waals surface area contributed by atoms with E-state index in [4.69, 9.17) is 14.6 Å². The third-order valence-corrected chi connectivity index (χ3v) is 6.93. The van der Waals surface area contributed by atoms with Crippen LogP contribution in [0.2, 0.25) is 0 Å². The Morgan fingerprint density at radius 2 is 1.74 bits per heavy atom. The number of piperazine rings is 1. The monoisotopic (exact) mass is 538 g/mol. The number of hydrogen-bond acceptors (Lipinski definition) is 7. The Bertz CT molecular complexity index is 1130. The van der Waals surface area contributed by atoms with Crippen molar-refractivity contribution in [3.05, 3.63) is 48.0 Å². The lowest BCUT2D eigenvalue weighted by Gasteiger charge is -2.36. The first-order valence-corrected chi connectivity index (χ1v) is 13.7. The second kappa shape index (κ2) is 14.4. The van der Waals surface area contributed by atoms with E-state index in [9.17, 15) is 14.4 Å². The van der Waals surface area contributed by atoms with E-state index >= 15 is 0 Å². The van der Waals surface area contributed by atoms with Crippen molar-refractivity contribution in [2.45, 2.75) is 38.5 Å². The molecule has 10 nitrogen and oxygen atoms in total. The lowest BCUT2D eigenvalue weighted by Crippen LogP contribution is -2.46. The highest BCUT2D eigenvalue weighted by molar-refractivity contribution is 5.94. The largest absolute Gasteiger partial charge is 0.494 e. The van der Waals surface area contributed by atoms with Crippen LogP contribution in [0.4, 0.5) is 11.4 Å². The SMILES string of the molecule is O=C(O)CNC(=O)CCCOc1ccccc1N1CCN(CCCCOc2ccc3c(c2)NC(=O)CC3)CC1. The van der Waals surface area contributed by atoms with Crippen LogP contribution < -0.4 is 25.0 Å². The summed E-state index contributed by atoms with van der Waals surface area (Å²) in [5.74, 6) is 0.322. The number of fused-ring (bicyclic) bond motifs is 1. The Labute approximate surface area is 229 Å². The molecule has 2 aliphatic rings. The van der Waals surface area contributed by atoms with Gasteiger partial charge in [0.1, 0.15) is 18.0 Å². The van der Waals surface area contributed by atoms with Crippen molar-refractivity contribution in [2.24, 2.45) is 0 Å². The lowest BCUT2D eigenvalue weighted by atomic mass is 10.0. The van der Waals surface area contributed by atoms with Crippen LogP contribution in [0.1, 0.15) is 37.7 Å². The molecule has 10 heteroatoms. The molecule has 0 spiro atoms. The molecule has 0 saturated carbocycles. The molecule has 0 aliphatic carbocycles. The summed E-state index contributed by atoms with van der Waals surface area (Å²) >= 11 is 0. The maximum absolute atomic E-state index is 11.7. The molecular weight excluding hydrogens is 500 g/mol. The zero-order valence-electron chi connectivity index (χ0n) is 22.3. The van der Waals surface area contributed by atoms with Gasteiger partial charge < -0.3 is 30.1 Å². The quantitative estimate of drug-likeness (QED) is 0.314. The number of carboxylic acids is 1. The van der Waals surface area contributed by atoms with Gasteiger partial charge in [-0.25, -0.2) is 0 Å². The molecule has 2 heterocycles. The third kappa shape index (κ3) is 8.88. The average molecular weight is 539 g/mol. The fourth-order valence-electron chi connectivity index (χ4n) is 4.80. The van der Waals surface area contributed by atoms with Crippen molar-refractivity contribution in [3.63, 3.8) is 0 Å². The van der Waals surface area contributed by atoms with Crippen molar-refractivity contribution >= 4 is 29.2 Å². The first-order valence-electron chi connectivity index (χ1n) is 13.7. The predicted octanol–water partition coefficient (Wildman–Crippen LogP) is 2.91. The summed E-state index contributed by atoms with van der Waals surface area (Å²) in [5.41, 5.74) is 3.09. The van der Waals surface area contributed by atoms with Gasteiger partial charge in [-0.1, -0.05) is 18.2 Å². The predicted molar refractivity (Wildman–Crippen MR) is 149 cm³/mol. The number of aryl methyl sites for hydroxylation is 1. The molecule has 39 heavy (non-hydrogen) atoms. The molecule has 1 fully saturated rings. The summed E-state index contributed by atoms with van der Waals surface area (Å²) in [4.78, 5) is 38.6. The van der Waals surface area contributed by atoms with Crippen LogP contribution in [0.15, 0.2) is 42.5 Å². The fraction of sp³-hybridized carbons (Fsp3) is 0.483. The first-order chi connectivity index (χ1) is 19.0. The number of carbonyl (C=O) groups is 3. The average Bonchev–Trinajstić information content (AvgIpc) is 2.94. The molecule has 0 aromatic heterocycles. The van der Waals surface area contributed by atoms with Gasteiger partial charge in [-0.15, -0.1) is 0 Å².